The second-order valence-corrected chi connectivity index (χ2v) is 6.41. The van der Waals surface area contributed by atoms with Gasteiger partial charge in [-0.2, -0.15) is 10.5 Å². The molecule has 132 valence electrons. The van der Waals surface area contributed by atoms with Crippen LogP contribution >= 0.6 is 0 Å². The Bertz CT molecular complexity index is 984. The number of piperazine rings is 1. The molecule has 3 rings (SSSR count). The Hall–Kier alpha value is -3.16. The molecule has 1 N–H and O–H groups in total. The fraction of sp³-hybridized carbons (Fsp3) is 0.368. The van der Waals surface area contributed by atoms with Crippen molar-refractivity contribution >= 4 is 17.5 Å². The monoisotopic (exact) mass is 349 g/mol. The quantitative estimate of drug-likeness (QED) is 0.797. The number of fused-ring (bicyclic) bond motifs is 1. The molecule has 1 fully saturated rings. The van der Waals surface area contributed by atoms with Gasteiger partial charge in [0.15, 0.2) is 0 Å². The van der Waals surface area contributed by atoms with Crippen molar-refractivity contribution in [2.75, 3.05) is 37.6 Å². The summed E-state index contributed by atoms with van der Waals surface area (Å²) in [6, 6.07) is 7.37. The largest absolute Gasteiger partial charge is 0.345 e. The molecule has 0 saturated carbocycles. The van der Waals surface area contributed by atoms with Crippen LogP contribution in [0.4, 0.5) is 5.82 Å². The molecule has 1 saturated heterocycles. The van der Waals surface area contributed by atoms with Crippen molar-refractivity contribution in [3.8, 4) is 12.1 Å². The van der Waals surface area contributed by atoms with Gasteiger partial charge in [0.2, 0.25) is 0 Å². The predicted octanol–water partition coefficient (Wildman–Crippen LogP) is 0.158. The third-order valence-corrected chi connectivity index (χ3v) is 4.86. The number of nitrogens with zero attached hydrogens (tertiary/aromatic N) is 5. The van der Waals surface area contributed by atoms with Gasteiger partial charge < -0.3 is 9.80 Å². The van der Waals surface area contributed by atoms with E-state index < -0.39 is 0 Å². The van der Waals surface area contributed by atoms with Crippen molar-refractivity contribution in [1.82, 2.24) is 9.38 Å². The summed E-state index contributed by atoms with van der Waals surface area (Å²) in [5.41, 5.74) is 1.44. The first kappa shape index (κ1) is 17.7. The summed E-state index contributed by atoms with van der Waals surface area (Å²) in [6.07, 6.45) is 3.02. The van der Waals surface area contributed by atoms with Gasteiger partial charge in [0, 0.05) is 6.20 Å². The van der Waals surface area contributed by atoms with Gasteiger partial charge in [-0.15, -0.1) is 0 Å². The summed E-state index contributed by atoms with van der Waals surface area (Å²) in [7, 11) is 0. The van der Waals surface area contributed by atoms with E-state index in [2.05, 4.69) is 11.8 Å². The number of aryl methyl sites for hydroxylation is 1. The lowest BCUT2D eigenvalue weighted by molar-refractivity contribution is -0.898. The number of aromatic nitrogens is 2. The van der Waals surface area contributed by atoms with E-state index in [1.165, 1.54) is 15.4 Å². The summed E-state index contributed by atoms with van der Waals surface area (Å²) in [6.45, 7) is 8.65. The lowest BCUT2D eigenvalue weighted by Gasteiger charge is -2.33. The molecule has 2 aromatic rings. The molecular weight excluding hydrogens is 328 g/mol. The van der Waals surface area contributed by atoms with Gasteiger partial charge in [-0.3, -0.25) is 9.20 Å². The molecule has 0 bridgehead atoms. The third-order valence-electron chi connectivity index (χ3n) is 4.86. The number of hydrogen-bond acceptors (Lipinski definition) is 5. The lowest BCUT2D eigenvalue weighted by Crippen LogP contribution is -3.14. The van der Waals surface area contributed by atoms with Gasteiger partial charge in [0.1, 0.15) is 29.2 Å². The van der Waals surface area contributed by atoms with Gasteiger partial charge in [0.05, 0.1) is 38.3 Å². The average Bonchev–Trinajstić information content (AvgIpc) is 2.68. The zero-order valence-corrected chi connectivity index (χ0v) is 15.0. The zero-order valence-electron chi connectivity index (χ0n) is 15.0. The van der Waals surface area contributed by atoms with Crippen LogP contribution in [0.1, 0.15) is 18.1 Å². The van der Waals surface area contributed by atoms with E-state index in [9.17, 15) is 4.79 Å². The average molecular weight is 349 g/mol. The molecule has 0 aromatic carbocycles. The second-order valence-electron chi connectivity index (χ2n) is 6.41. The van der Waals surface area contributed by atoms with E-state index >= 15 is 0 Å². The van der Waals surface area contributed by atoms with Crippen LogP contribution in [0.5, 0.6) is 0 Å². The third kappa shape index (κ3) is 3.17. The SMILES string of the molecule is CC[NH+]1CCN(c2nc3c(C)cccn3c(=O)c2C=C(C#N)C#N)CC1. The lowest BCUT2D eigenvalue weighted by atomic mass is 10.1. The van der Waals surface area contributed by atoms with E-state index in [-0.39, 0.29) is 11.1 Å². The van der Waals surface area contributed by atoms with Crippen LogP contribution in [-0.4, -0.2) is 42.1 Å². The number of likely N-dealkylation sites (N-methyl/N-ethyl adjacent to an activating group) is 1. The highest BCUT2D eigenvalue weighted by Gasteiger charge is 2.24. The molecule has 7 nitrogen and oxygen atoms in total. The minimum atomic E-state index is -0.262. The van der Waals surface area contributed by atoms with Crippen LogP contribution in [0.2, 0.25) is 0 Å². The van der Waals surface area contributed by atoms with Crippen LogP contribution in [0.25, 0.3) is 11.7 Å². The Kier molecular flexibility index (Phi) is 5.01. The molecule has 1 aliphatic heterocycles. The normalized spacial score (nSPS) is 14.7. The van der Waals surface area contributed by atoms with E-state index in [0.717, 1.165) is 38.3 Å². The number of allylic oxidation sites excluding steroid dienone is 1. The molecule has 0 aliphatic carbocycles. The van der Waals surface area contributed by atoms with E-state index in [1.54, 1.807) is 12.3 Å². The minimum absolute atomic E-state index is 0.101. The number of anilines is 1. The molecule has 0 unspecified atom stereocenters. The fourth-order valence-electron chi connectivity index (χ4n) is 3.29. The first-order valence-electron chi connectivity index (χ1n) is 8.71. The van der Waals surface area contributed by atoms with Crippen molar-refractivity contribution in [3.63, 3.8) is 0 Å². The number of hydrogen-bond donors (Lipinski definition) is 1. The Morgan fingerprint density at radius 2 is 2.04 bits per heavy atom. The van der Waals surface area contributed by atoms with Crippen LogP contribution < -0.4 is 15.4 Å². The number of rotatable bonds is 3. The molecule has 0 atom stereocenters. The van der Waals surface area contributed by atoms with Crippen molar-refractivity contribution in [2.45, 2.75) is 13.8 Å². The van der Waals surface area contributed by atoms with Gasteiger partial charge in [0.25, 0.3) is 5.56 Å². The topological polar surface area (TPSA) is 89.6 Å². The second kappa shape index (κ2) is 7.38. The first-order chi connectivity index (χ1) is 12.6. The number of nitrogens with one attached hydrogen (secondary N) is 1. The Labute approximate surface area is 152 Å². The number of nitriles is 2. The fourth-order valence-corrected chi connectivity index (χ4v) is 3.29. The zero-order chi connectivity index (χ0) is 18.7. The Balaban J connectivity index is 2.21. The molecule has 0 radical (unpaired) electrons. The van der Waals surface area contributed by atoms with Gasteiger partial charge >= 0.3 is 0 Å². The van der Waals surface area contributed by atoms with E-state index in [0.29, 0.717) is 17.0 Å². The Morgan fingerprint density at radius 3 is 2.65 bits per heavy atom. The van der Waals surface area contributed by atoms with Crippen LogP contribution in [-0.2, 0) is 0 Å². The highest BCUT2D eigenvalue weighted by molar-refractivity contribution is 5.72. The van der Waals surface area contributed by atoms with Crippen molar-refractivity contribution in [1.29, 1.82) is 10.5 Å². The summed E-state index contributed by atoms with van der Waals surface area (Å²) < 4.78 is 1.48. The van der Waals surface area contributed by atoms with Crippen molar-refractivity contribution < 1.29 is 4.90 Å². The van der Waals surface area contributed by atoms with Gasteiger partial charge in [-0.05, 0) is 31.6 Å². The number of quaternary nitrogens is 1. The maximum absolute atomic E-state index is 13.1. The Morgan fingerprint density at radius 1 is 1.35 bits per heavy atom. The molecule has 1 aliphatic rings. The highest BCUT2D eigenvalue weighted by atomic mass is 16.1. The van der Waals surface area contributed by atoms with Crippen LogP contribution in [0.3, 0.4) is 0 Å². The van der Waals surface area contributed by atoms with E-state index in [1.807, 2.05) is 25.1 Å². The predicted molar refractivity (Wildman–Crippen MR) is 98.9 cm³/mol. The van der Waals surface area contributed by atoms with Crippen molar-refractivity contribution in [3.05, 3.63) is 45.4 Å². The van der Waals surface area contributed by atoms with Crippen LogP contribution in [0.15, 0.2) is 28.7 Å². The smallest absolute Gasteiger partial charge is 0.267 e. The van der Waals surface area contributed by atoms with E-state index in [4.69, 9.17) is 15.5 Å². The minimum Gasteiger partial charge on any atom is -0.345 e. The summed E-state index contributed by atoms with van der Waals surface area (Å²) in [4.78, 5) is 21.4. The number of pyridine rings is 1. The molecule has 2 aromatic heterocycles. The van der Waals surface area contributed by atoms with Gasteiger partial charge in [-0.25, -0.2) is 4.98 Å². The standard InChI is InChI=1S/C19H20N6O/c1-3-23-7-9-24(10-8-23)18-16(11-15(12-20)13-21)19(26)25-6-4-5-14(2)17(25)22-18/h4-6,11H,3,7-10H2,1-2H3/p+1. The maximum atomic E-state index is 13.1. The molecule has 0 spiro atoms. The van der Waals surface area contributed by atoms with Crippen molar-refractivity contribution in [2.24, 2.45) is 0 Å². The summed E-state index contributed by atoms with van der Waals surface area (Å²) >= 11 is 0. The molecule has 0 amide bonds. The summed E-state index contributed by atoms with van der Waals surface area (Å²) in [5, 5.41) is 18.2. The molecular formula is C19H21N6O+. The van der Waals surface area contributed by atoms with Crippen LogP contribution in [0, 0.1) is 29.6 Å². The summed E-state index contributed by atoms with van der Waals surface area (Å²) in [5.74, 6) is 0.558. The highest BCUT2D eigenvalue weighted by Crippen LogP contribution is 2.20. The van der Waals surface area contributed by atoms with Gasteiger partial charge in [-0.1, -0.05) is 6.07 Å². The molecule has 26 heavy (non-hydrogen) atoms. The maximum Gasteiger partial charge on any atom is 0.267 e. The first-order valence-corrected chi connectivity index (χ1v) is 8.71. The molecule has 3 heterocycles. The molecule has 7 heteroatoms.